The third-order valence-electron chi connectivity index (χ3n) is 3.09. The number of benzene rings is 2. The van der Waals surface area contributed by atoms with E-state index in [0.717, 1.165) is 5.56 Å². The Balaban J connectivity index is 1.67. The highest BCUT2D eigenvalue weighted by Gasteiger charge is 2.12. The number of carbonyl (C=O) groups excluding carboxylic acids is 1. The van der Waals surface area contributed by atoms with Crippen LogP contribution in [0.15, 0.2) is 53.1 Å². The zero-order valence-corrected chi connectivity index (χ0v) is 13.3. The van der Waals surface area contributed by atoms with Crippen molar-refractivity contribution in [1.82, 2.24) is 15.5 Å². The van der Waals surface area contributed by atoms with Crippen molar-refractivity contribution in [2.24, 2.45) is 0 Å². The Morgan fingerprint density at radius 2 is 1.83 bits per heavy atom. The molecule has 0 fully saturated rings. The van der Waals surface area contributed by atoms with Crippen LogP contribution in [0.3, 0.4) is 0 Å². The predicted molar refractivity (Wildman–Crippen MR) is 87.4 cm³/mol. The molecule has 2 aromatic carbocycles. The number of nitrogens with one attached hydrogen (secondary N) is 1. The van der Waals surface area contributed by atoms with E-state index in [1.54, 1.807) is 48.5 Å². The van der Waals surface area contributed by atoms with Crippen LogP contribution in [0.1, 0.15) is 16.2 Å². The summed E-state index contributed by atoms with van der Waals surface area (Å²) >= 11 is 11.8. The molecule has 0 saturated heterocycles. The van der Waals surface area contributed by atoms with Gasteiger partial charge in [-0.15, -0.1) is 0 Å². The molecular weight excluding hydrogens is 337 g/mol. The SMILES string of the molecule is O=C(NCc1nc(-c2ccc(Cl)cc2)no1)c1ccccc1Cl. The number of aromatic nitrogens is 2. The fourth-order valence-corrected chi connectivity index (χ4v) is 2.29. The summed E-state index contributed by atoms with van der Waals surface area (Å²) in [6.07, 6.45) is 0. The molecule has 0 spiro atoms. The van der Waals surface area contributed by atoms with Gasteiger partial charge < -0.3 is 9.84 Å². The Kier molecular flexibility index (Phi) is 4.60. The first-order valence-electron chi connectivity index (χ1n) is 6.75. The van der Waals surface area contributed by atoms with Crippen LogP contribution in [0.25, 0.3) is 11.4 Å². The van der Waals surface area contributed by atoms with Crippen LogP contribution in [0.4, 0.5) is 0 Å². The van der Waals surface area contributed by atoms with E-state index in [1.807, 2.05) is 0 Å². The van der Waals surface area contributed by atoms with E-state index >= 15 is 0 Å². The lowest BCUT2D eigenvalue weighted by Gasteiger charge is -2.03. The van der Waals surface area contributed by atoms with Crippen LogP contribution in [-0.2, 0) is 6.54 Å². The lowest BCUT2D eigenvalue weighted by molar-refractivity contribution is 0.0946. The standard InChI is InChI=1S/C16H11Cl2N3O2/c17-11-7-5-10(6-8-11)15-20-14(23-21-15)9-19-16(22)12-3-1-2-4-13(12)18/h1-8H,9H2,(H,19,22). The minimum atomic E-state index is -0.304. The third kappa shape index (κ3) is 3.70. The Morgan fingerprint density at radius 3 is 2.57 bits per heavy atom. The van der Waals surface area contributed by atoms with Crippen molar-refractivity contribution in [3.63, 3.8) is 0 Å². The lowest BCUT2D eigenvalue weighted by Crippen LogP contribution is -2.23. The Morgan fingerprint density at radius 1 is 1.09 bits per heavy atom. The molecule has 23 heavy (non-hydrogen) atoms. The van der Waals surface area contributed by atoms with E-state index < -0.39 is 0 Å². The molecular formula is C16H11Cl2N3O2. The molecule has 0 aliphatic heterocycles. The minimum Gasteiger partial charge on any atom is -0.343 e. The van der Waals surface area contributed by atoms with Crippen molar-refractivity contribution in [3.8, 4) is 11.4 Å². The molecule has 7 heteroatoms. The summed E-state index contributed by atoms with van der Waals surface area (Å²) in [7, 11) is 0. The number of hydrogen-bond acceptors (Lipinski definition) is 4. The molecule has 0 aliphatic carbocycles. The Bertz CT molecular complexity index is 831. The van der Waals surface area contributed by atoms with Gasteiger partial charge in [0.2, 0.25) is 11.7 Å². The van der Waals surface area contributed by atoms with Crippen molar-refractivity contribution in [3.05, 3.63) is 70.0 Å². The summed E-state index contributed by atoms with van der Waals surface area (Å²) in [4.78, 5) is 16.3. The Labute approximate surface area is 142 Å². The molecule has 116 valence electrons. The zero-order chi connectivity index (χ0) is 16.2. The van der Waals surface area contributed by atoms with Gasteiger partial charge in [-0.1, -0.05) is 40.5 Å². The molecule has 1 N–H and O–H groups in total. The molecule has 1 amide bonds. The maximum atomic E-state index is 12.1. The maximum Gasteiger partial charge on any atom is 0.253 e. The molecule has 1 aromatic heterocycles. The van der Waals surface area contributed by atoms with Gasteiger partial charge in [0.15, 0.2) is 0 Å². The van der Waals surface area contributed by atoms with Crippen molar-refractivity contribution < 1.29 is 9.32 Å². The van der Waals surface area contributed by atoms with Crippen LogP contribution in [0, 0.1) is 0 Å². The van der Waals surface area contributed by atoms with Crippen molar-refractivity contribution >= 4 is 29.1 Å². The number of rotatable bonds is 4. The van der Waals surface area contributed by atoms with Crippen LogP contribution >= 0.6 is 23.2 Å². The van der Waals surface area contributed by atoms with E-state index in [0.29, 0.717) is 27.3 Å². The number of amides is 1. The van der Waals surface area contributed by atoms with E-state index in [1.165, 1.54) is 0 Å². The molecule has 0 unspecified atom stereocenters. The minimum absolute atomic E-state index is 0.116. The van der Waals surface area contributed by atoms with Crippen molar-refractivity contribution in [2.45, 2.75) is 6.54 Å². The second kappa shape index (κ2) is 6.81. The average Bonchev–Trinajstić information content (AvgIpc) is 3.03. The first-order chi connectivity index (χ1) is 11.1. The number of carbonyl (C=O) groups is 1. The molecule has 0 radical (unpaired) electrons. The lowest BCUT2D eigenvalue weighted by atomic mass is 10.2. The molecule has 0 aliphatic rings. The first-order valence-corrected chi connectivity index (χ1v) is 7.50. The van der Waals surface area contributed by atoms with Gasteiger partial charge in [0.1, 0.15) is 0 Å². The van der Waals surface area contributed by atoms with Gasteiger partial charge in [0.05, 0.1) is 17.1 Å². The highest BCUT2D eigenvalue weighted by Crippen LogP contribution is 2.19. The van der Waals surface area contributed by atoms with E-state index in [2.05, 4.69) is 15.5 Å². The highest BCUT2D eigenvalue weighted by molar-refractivity contribution is 6.33. The van der Waals surface area contributed by atoms with Crippen molar-refractivity contribution in [2.75, 3.05) is 0 Å². The van der Waals surface area contributed by atoms with Gasteiger partial charge >= 0.3 is 0 Å². The van der Waals surface area contributed by atoms with Crippen LogP contribution in [0.5, 0.6) is 0 Å². The normalized spacial score (nSPS) is 10.5. The van der Waals surface area contributed by atoms with Crippen LogP contribution in [0.2, 0.25) is 10.0 Å². The van der Waals surface area contributed by atoms with Crippen LogP contribution < -0.4 is 5.32 Å². The monoisotopic (exact) mass is 347 g/mol. The number of hydrogen-bond donors (Lipinski definition) is 1. The second-order valence-electron chi connectivity index (χ2n) is 4.68. The number of nitrogens with zero attached hydrogens (tertiary/aromatic N) is 2. The predicted octanol–water partition coefficient (Wildman–Crippen LogP) is 3.97. The summed E-state index contributed by atoms with van der Waals surface area (Å²) in [6.45, 7) is 0.116. The molecule has 1 heterocycles. The fourth-order valence-electron chi connectivity index (χ4n) is 1.94. The topological polar surface area (TPSA) is 68.0 Å². The average molecular weight is 348 g/mol. The molecule has 0 bridgehead atoms. The molecule has 5 nitrogen and oxygen atoms in total. The van der Waals surface area contributed by atoms with Gasteiger partial charge in [-0.05, 0) is 36.4 Å². The Hall–Kier alpha value is -2.37. The molecule has 3 aromatic rings. The van der Waals surface area contributed by atoms with Crippen molar-refractivity contribution in [1.29, 1.82) is 0 Å². The van der Waals surface area contributed by atoms with Gasteiger partial charge in [-0.25, -0.2) is 0 Å². The van der Waals surface area contributed by atoms with Gasteiger partial charge in [0.25, 0.3) is 5.91 Å². The summed E-state index contributed by atoms with van der Waals surface area (Å²) in [5, 5.41) is 7.58. The third-order valence-corrected chi connectivity index (χ3v) is 3.67. The van der Waals surface area contributed by atoms with Gasteiger partial charge in [0, 0.05) is 10.6 Å². The van der Waals surface area contributed by atoms with E-state index in [4.69, 9.17) is 27.7 Å². The second-order valence-corrected chi connectivity index (χ2v) is 5.52. The largest absolute Gasteiger partial charge is 0.343 e. The summed E-state index contributed by atoms with van der Waals surface area (Å²) < 4.78 is 5.12. The molecule has 0 atom stereocenters. The maximum absolute atomic E-state index is 12.1. The van der Waals surface area contributed by atoms with Gasteiger partial charge in [-0.3, -0.25) is 4.79 Å². The smallest absolute Gasteiger partial charge is 0.253 e. The zero-order valence-electron chi connectivity index (χ0n) is 11.8. The molecule has 0 saturated carbocycles. The first kappa shape index (κ1) is 15.5. The summed E-state index contributed by atoms with van der Waals surface area (Å²) in [5.41, 5.74) is 1.17. The summed E-state index contributed by atoms with van der Waals surface area (Å²) in [5.74, 6) is 0.431. The fraction of sp³-hybridized carbons (Fsp3) is 0.0625. The van der Waals surface area contributed by atoms with E-state index in [-0.39, 0.29) is 12.5 Å². The number of halogens is 2. The quantitative estimate of drug-likeness (QED) is 0.775. The van der Waals surface area contributed by atoms with Crippen LogP contribution in [-0.4, -0.2) is 16.0 Å². The van der Waals surface area contributed by atoms with E-state index in [9.17, 15) is 4.79 Å². The highest BCUT2D eigenvalue weighted by atomic mass is 35.5. The summed E-state index contributed by atoms with van der Waals surface area (Å²) in [6, 6.07) is 13.9. The van der Waals surface area contributed by atoms with Gasteiger partial charge in [-0.2, -0.15) is 4.98 Å². The molecule has 3 rings (SSSR count).